The first-order valence-corrected chi connectivity index (χ1v) is 8.42. The van der Waals surface area contributed by atoms with Crippen LogP contribution in [0.1, 0.15) is 48.6 Å². The summed E-state index contributed by atoms with van der Waals surface area (Å²) >= 11 is 1.70. The van der Waals surface area contributed by atoms with Gasteiger partial charge in [0.15, 0.2) is 5.82 Å². The lowest BCUT2D eigenvalue weighted by molar-refractivity contribution is 0.440. The topological polar surface area (TPSA) is 43.1 Å². The molecule has 0 atom stereocenters. The molecular formula is C16H18N4S. The minimum atomic E-state index is 0.621. The van der Waals surface area contributed by atoms with Crippen LogP contribution >= 0.6 is 11.3 Å². The first kappa shape index (κ1) is 13.0. The molecule has 4 rings (SSSR count). The quantitative estimate of drug-likeness (QED) is 0.712. The molecule has 0 spiro atoms. The number of rotatable bonds is 2. The van der Waals surface area contributed by atoms with Crippen LogP contribution in [-0.4, -0.2) is 19.8 Å². The minimum Gasteiger partial charge on any atom is -0.183 e. The van der Waals surface area contributed by atoms with Crippen LogP contribution in [0.15, 0.2) is 24.3 Å². The van der Waals surface area contributed by atoms with Gasteiger partial charge in [-0.15, -0.1) is 10.2 Å². The lowest BCUT2D eigenvalue weighted by Gasteiger charge is -2.18. The zero-order chi connectivity index (χ0) is 14.2. The summed E-state index contributed by atoms with van der Waals surface area (Å²) in [4.78, 5) is 0.909. The Balaban J connectivity index is 1.75. The third-order valence-electron chi connectivity index (χ3n) is 4.24. The lowest BCUT2D eigenvalue weighted by Crippen LogP contribution is -2.05. The largest absolute Gasteiger partial charge is 0.234 e. The van der Waals surface area contributed by atoms with Crippen LogP contribution in [0.3, 0.4) is 0 Å². The Morgan fingerprint density at radius 2 is 2.00 bits per heavy atom. The Hall–Kier alpha value is -1.75. The summed E-state index contributed by atoms with van der Waals surface area (Å²) in [5.41, 5.74) is 2.31. The van der Waals surface area contributed by atoms with Gasteiger partial charge in [0.05, 0.1) is 0 Å². The van der Waals surface area contributed by atoms with Crippen molar-refractivity contribution in [1.29, 1.82) is 0 Å². The summed E-state index contributed by atoms with van der Waals surface area (Å²) in [5.74, 6) is 1.47. The fraction of sp³-hybridized carbons (Fsp3) is 0.438. The summed E-state index contributed by atoms with van der Waals surface area (Å²) in [6.45, 7) is 2.09. The standard InChI is InChI=1S/C16H18N4S/c1-11-6-5-9-13(10-11)14-17-18-16-20(14)19-15(21-16)12-7-3-2-4-8-12/h5-6,9-10,12H,2-4,7-8H2,1H3. The Labute approximate surface area is 127 Å². The molecule has 1 saturated carbocycles. The average Bonchev–Trinajstić information content (AvgIpc) is 3.08. The molecule has 0 saturated heterocycles. The summed E-state index contributed by atoms with van der Waals surface area (Å²) in [6, 6.07) is 8.36. The average molecular weight is 298 g/mol. The van der Waals surface area contributed by atoms with Crippen LogP contribution in [0, 0.1) is 6.92 Å². The number of benzene rings is 1. The SMILES string of the molecule is Cc1cccc(-c2nnc3sc(C4CCCCC4)nn23)c1. The predicted molar refractivity (Wildman–Crippen MR) is 84.7 cm³/mol. The zero-order valence-corrected chi connectivity index (χ0v) is 12.9. The highest BCUT2D eigenvalue weighted by Gasteiger charge is 2.21. The van der Waals surface area contributed by atoms with E-state index >= 15 is 0 Å². The van der Waals surface area contributed by atoms with Crippen molar-refractivity contribution in [3.8, 4) is 11.4 Å². The second kappa shape index (κ2) is 5.22. The normalized spacial score (nSPS) is 16.6. The molecule has 2 aromatic heterocycles. The number of aryl methyl sites for hydroxylation is 1. The van der Waals surface area contributed by atoms with Crippen molar-refractivity contribution in [2.45, 2.75) is 44.9 Å². The third-order valence-corrected chi connectivity index (χ3v) is 5.30. The van der Waals surface area contributed by atoms with E-state index in [-0.39, 0.29) is 0 Å². The molecule has 3 aromatic rings. The van der Waals surface area contributed by atoms with E-state index in [0.29, 0.717) is 5.92 Å². The van der Waals surface area contributed by atoms with Gasteiger partial charge in [-0.3, -0.25) is 0 Å². The Morgan fingerprint density at radius 1 is 1.14 bits per heavy atom. The van der Waals surface area contributed by atoms with Gasteiger partial charge in [-0.25, -0.2) is 0 Å². The highest BCUT2D eigenvalue weighted by Crippen LogP contribution is 2.35. The number of hydrogen-bond acceptors (Lipinski definition) is 4. The third kappa shape index (κ3) is 2.35. The van der Waals surface area contributed by atoms with E-state index in [1.54, 1.807) is 11.3 Å². The fourth-order valence-corrected chi connectivity index (χ4v) is 4.12. The first-order chi connectivity index (χ1) is 10.3. The summed E-state index contributed by atoms with van der Waals surface area (Å²) in [7, 11) is 0. The monoisotopic (exact) mass is 298 g/mol. The first-order valence-electron chi connectivity index (χ1n) is 7.60. The van der Waals surface area contributed by atoms with Gasteiger partial charge in [0.2, 0.25) is 4.96 Å². The van der Waals surface area contributed by atoms with Crippen molar-refractivity contribution in [2.75, 3.05) is 0 Å². The van der Waals surface area contributed by atoms with Crippen LogP contribution in [0.2, 0.25) is 0 Å². The van der Waals surface area contributed by atoms with Gasteiger partial charge < -0.3 is 0 Å². The molecule has 0 unspecified atom stereocenters. The molecule has 2 heterocycles. The maximum Gasteiger partial charge on any atom is 0.234 e. The van der Waals surface area contributed by atoms with E-state index < -0.39 is 0 Å². The number of nitrogens with zero attached hydrogens (tertiary/aromatic N) is 4. The molecule has 108 valence electrons. The van der Waals surface area contributed by atoms with E-state index in [2.05, 4.69) is 41.4 Å². The molecule has 21 heavy (non-hydrogen) atoms. The van der Waals surface area contributed by atoms with Crippen molar-refractivity contribution in [3.05, 3.63) is 34.8 Å². The van der Waals surface area contributed by atoms with Gasteiger partial charge >= 0.3 is 0 Å². The van der Waals surface area contributed by atoms with E-state index in [4.69, 9.17) is 5.10 Å². The van der Waals surface area contributed by atoms with Crippen LogP contribution in [-0.2, 0) is 0 Å². The molecular weight excluding hydrogens is 280 g/mol. The van der Waals surface area contributed by atoms with Crippen molar-refractivity contribution >= 4 is 16.3 Å². The van der Waals surface area contributed by atoms with Gasteiger partial charge in [0.1, 0.15) is 5.01 Å². The molecule has 0 N–H and O–H groups in total. The molecule has 1 aliphatic carbocycles. The molecule has 4 nitrogen and oxygen atoms in total. The fourth-order valence-electron chi connectivity index (χ4n) is 3.11. The van der Waals surface area contributed by atoms with Crippen molar-refractivity contribution in [1.82, 2.24) is 19.8 Å². The number of hydrogen-bond donors (Lipinski definition) is 0. The molecule has 1 aliphatic rings. The second-order valence-corrected chi connectivity index (χ2v) is 6.85. The van der Waals surface area contributed by atoms with Gasteiger partial charge in [-0.1, -0.05) is 54.4 Å². The van der Waals surface area contributed by atoms with Crippen molar-refractivity contribution < 1.29 is 0 Å². The van der Waals surface area contributed by atoms with E-state index in [0.717, 1.165) is 16.3 Å². The van der Waals surface area contributed by atoms with Crippen LogP contribution in [0.5, 0.6) is 0 Å². The van der Waals surface area contributed by atoms with E-state index in [1.807, 2.05) is 4.52 Å². The van der Waals surface area contributed by atoms with Crippen molar-refractivity contribution in [3.63, 3.8) is 0 Å². The highest BCUT2D eigenvalue weighted by molar-refractivity contribution is 7.16. The lowest BCUT2D eigenvalue weighted by atomic mass is 9.90. The zero-order valence-electron chi connectivity index (χ0n) is 12.1. The molecule has 0 radical (unpaired) electrons. The van der Waals surface area contributed by atoms with Gasteiger partial charge in [-0.05, 0) is 25.8 Å². The molecule has 0 aliphatic heterocycles. The summed E-state index contributed by atoms with van der Waals surface area (Å²) in [6.07, 6.45) is 6.56. The Bertz CT molecular complexity index is 768. The molecule has 5 heteroatoms. The highest BCUT2D eigenvalue weighted by atomic mass is 32.1. The molecule has 1 aromatic carbocycles. The van der Waals surface area contributed by atoms with Crippen LogP contribution < -0.4 is 0 Å². The summed E-state index contributed by atoms with van der Waals surface area (Å²) in [5, 5.41) is 14.7. The maximum atomic E-state index is 4.81. The van der Waals surface area contributed by atoms with Gasteiger partial charge in [0, 0.05) is 11.5 Å². The Kier molecular flexibility index (Phi) is 3.22. The number of aromatic nitrogens is 4. The second-order valence-electron chi connectivity index (χ2n) is 5.86. The van der Waals surface area contributed by atoms with E-state index in [9.17, 15) is 0 Å². The summed E-state index contributed by atoms with van der Waals surface area (Å²) < 4.78 is 1.92. The van der Waals surface area contributed by atoms with E-state index in [1.165, 1.54) is 42.7 Å². The maximum absolute atomic E-state index is 4.81. The minimum absolute atomic E-state index is 0.621. The molecule has 1 fully saturated rings. The smallest absolute Gasteiger partial charge is 0.183 e. The molecule has 0 amide bonds. The number of fused-ring (bicyclic) bond motifs is 1. The van der Waals surface area contributed by atoms with Crippen LogP contribution in [0.25, 0.3) is 16.3 Å². The van der Waals surface area contributed by atoms with Gasteiger partial charge in [0.25, 0.3) is 0 Å². The van der Waals surface area contributed by atoms with Crippen LogP contribution in [0.4, 0.5) is 0 Å². The van der Waals surface area contributed by atoms with Gasteiger partial charge in [-0.2, -0.15) is 9.61 Å². The predicted octanol–water partition coefficient (Wildman–Crippen LogP) is 4.21. The Morgan fingerprint density at radius 3 is 2.81 bits per heavy atom. The molecule has 0 bridgehead atoms. The van der Waals surface area contributed by atoms with Crippen molar-refractivity contribution in [2.24, 2.45) is 0 Å².